The molecule has 21 heavy (non-hydrogen) atoms. The maximum absolute atomic E-state index is 10.5. The minimum Gasteiger partial charge on any atom is -0.504 e. The standard InChI is InChI=1S/C16H14O5/c17-13-8-4-2-1-3-7(8)11-12(14(13)18)16-10(21-16)6-19-5-9-15(11)20-9/h1-4,9-10,15-18H,5-6H2. The van der Waals surface area contributed by atoms with Gasteiger partial charge in [-0.05, 0) is 5.39 Å². The highest BCUT2D eigenvalue weighted by atomic mass is 16.6. The molecule has 0 amide bonds. The first-order valence-corrected chi connectivity index (χ1v) is 7.11. The Balaban J connectivity index is 1.84. The zero-order valence-corrected chi connectivity index (χ0v) is 11.2. The van der Waals surface area contributed by atoms with Crippen molar-refractivity contribution in [2.45, 2.75) is 24.4 Å². The number of phenolic OH excluding ortho intramolecular Hbond substituents is 2. The van der Waals surface area contributed by atoms with Crippen LogP contribution in [-0.2, 0) is 14.2 Å². The first-order chi connectivity index (χ1) is 10.3. The third kappa shape index (κ3) is 1.56. The van der Waals surface area contributed by atoms with Gasteiger partial charge in [0.05, 0.1) is 13.2 Å². The monoisotopic (exact) mass is 286 g/mol. The van der Waals surface area contributed by atoms with E-state index in [1.54, 1.807) is 6.07 Å². The van der Waals surface area contributed by atoms with Gasteiger partial charge in [0.25, 0.3) is 0 Å². The smallest absolute Gasteiger partial charge is 0.165 e. The number of ether oxygens (including phenoxy) is 3. The molecule has 0 saturated carbocycles. The van der Waals surface area contributed by atoms with Crippen LogP contribution in [0.15, 0.2) is 24.3 Å². The third-order valence-corrected chi connectivity index (χ3v) is 4.54. The molecule has 5 rings (SSSR count). The second kappa shape index (κ2) is 3.88. The molecule has 0 aliphatic carbocycles. The molecular weight excluding hydrogens is 272 g/mol. The van der Waals surface area contributed by atoms with Gasteiger partial charge in [0.2, 0.25) is 0 Å². The molecule has 4 atom stereocenters. The Hall–Kier alpha value is -1.82. The van der Waals surface area contributed by atoms with Crippen molar-refractivity contribution in [3.05, 3.63) is 35.4 Å². The minimum atomic E-state index is -0.224. The van der Waals surface area contributed by atoms with Gasteiger partial charge in [0.15, 0.2) is 11.5 Å². The summed E-state index contributed by atoms with van der Waals surface area (Å²) in [5.41, 5.74) is 1.60. The molecule has 0 spiro atoms. The van der Waals surface area contributed by atoms with E-state index in [1.807, 2.05) is 18.2 Å². The molecule has 0 radical (unpaired) electrons. The SMILES string of the molecule is Oc1c2c(c3ccccc3c1O)C1OC1COCC1OC21. The first kappa shape index (κ1) is 11.8. The fourth-order valence-corrected chi connectivity index (χ4v) is 3.39. The van der Waals surface area contributed by atoms with E-state index in [2.05, 4.69) is 0 Å². The fraction of sp³-hybridized carbons (Fsp3) is 0.375. The summed E-state index contributed by atoms with van der Waals surface area (Å²) in [4.78, 5) is 0. The molecule has 2 N–H and O–H groups in total. The number of hydrogen-bond acceptors (Lipinski definition) is 5. The van der Waals surface area contributed by atoms with Gasteiger partial charge >= 0.3 is 0 Å². The lowest BCUT2D eigenvalue weighted by Gasteiger charge is -2.14. The van der Waals surface area contributed by atoms with E-state index in [0.29, 0.717) is 24.2 Å². The van der Waals surface area contributed by atoms with E-state index in [-0.39, 0.29) is 35.9 Å². The van der Waals surface area contributed by atoms with Crippen LogP contribution in [0.4, 0.5) is 0 Å². The highest BCUT2D eigenvalue weighted by Gasteiger charge is 2.52. The van der Waals surface area contributed by atoms with Crippen molar-refractivity contribution in [3.8, 4) is 11.5 Å². The maximum atomic E-state index is 10.5. The van der Waals surface area contributed by atoms with Gasteiger partial charge in [-0.3, -0.25) is 0 Å². The predicted octanol–water partition coefficient (Wildman–Crippen LogP) is 2.16. The van der Waals surface area contributed by atoms with Crippen molar-refractivity contribution in [1.82, 2.24) is 0 Å². The van der Waals surface area contributed by atoms with Crippen molar-refractivity contribution < 1.29 is 24.4 Å². The molecule has 3 aliphatic heterocycles. The third-order valence-electron chi connectivity index (χ3n) is 4.54. The number of aromatic hydroxyl groups is 2. The molecule has 0 bridgehead atoms. The second-order valence-corrected chi connectivity index (χ2v) is 5.80. The summed E-state index contributed by atoms with van der Waals surface area (Å²) in [6, 6.07) is 7.51. The molecule has 108 valence electrons. The van der Waals surface area contributed by atoms with E-state index < -0.39 is 0 Å². The topological polar surface area (TPSA) is 74.8 Å². The highest BCUT2D eigenvalue weighted by molar-refractivity contribution is 5.95. The number of epoxide rings is 2. The molecular formula is C16H14O5. The molecule has 2 aromatic carbocycles. The van der Waals surface area contributed by atoms with E-state index in [0.717, 1.165) is 10.9 Å². The van der Waals surface area contributed by atoms with Crippen LogP contribution in [0.1, 0.15) is 23.3 Å². The summed E-state index contributed by atoms with van der Waals surface area (Å²) < 4.78 is 16.9. The van der Waals surface area contributed by atoms with E-state index in [4.69, 9.17) is 14.2 Å². The summed E-state index contributed by atoms with van der Waals surface area (Å²) in [5, 5.41) is 22.3. The summed E-state index contributed by atoms with van der Waals surface area (Å²) in [5.74, 6) is -0.177. The summed E-state index contributed by atoms with van der Waals surface area (Å²) >= 11 is 0. The van der Waals surface area contributed by atoms with Crippen molar-refractivity contribution in [3.63, 3.8) is 0 Å². The van der Waals surface area contributed by atoms with Gasteiger partial charge in [-0.25, -0.2) is 0 Å². The van der Waals surface area contributed by atoms with Gasteiger partial charge < -0.3 is 24.4 Å². The second-order valence-electron chi connectivity index (χ2n) is 5.80. The Kier molecular flexibility index (Phi) is 2.18. The summed E-state index contributed by atoms with van der Waals surface area (Å²) in [6.45, 7) is 1.02. The maximum Gasteiger partial charge on any atom is 0.165 e. The lowest BCUT2D eigenvalue weighted by Crippen LogP contribution is -2.06. The molecule has 0 aromatic heterocycles. The van der Waals surface area contributed by atoms with Gasteiger partial charge in [-0.2, -0.15) is 0 Å². The Labute approximate surface area is 120 Å². The summed E-state index contributed by atoms with van der Waals surface area (Å²) in [7, 11) is 0. The lowest BCUT2D eigenvalue weighted by atomic mass is 9.91. The first-order valence-electron chi connectivity index (χ1n) is 7.11. The zero-order chi connectivity index (χ0) is 14.1. The Bertz CT molecular complexity index is 756. The number of phenols is 2. The van der Waals surface area contributed by atoms with Crippen molar-refractivity contribution in [2.75, 3.05) is 13.2 Å². The van der Waals surface area contributed by atoms with Gasteiger partial charge in [0.1, 0.15) is 24.4 Å². The molecule has 2 saturated heterocycles. The van der Waals surface area contributed by atoms with E-state index in [9.17, 15) is 10.2 Å². The van der Waals surface area contributed by atoms with Crippen LogP contribution in [0, 0.1) is 0 Å². The quantitative estimate of drug-likeness (QED) is 0.573. The van der Waals surface area contributed by atoms with Crippen LogP contribution in [-0.4, -0.2) is 35.6 Å². The van der Waals surface area contributed by atoms with Crippen LogP contribution in [0.25, 0.3) is 10.8 Å². The molecule has 4 unspecified atom stereocenters. The van der Waals surface area contributed by atoms with Gasteiger partial charge in [0, 0.05) is 16.5 Å². The van der Waals surface area contributed by atoms with Crippen LogP contribution in [0.5, 0.6) is 11.5 Å². The van der Waals surface area contributed by atoms with Crippen LogP contribution >= 0.6 is 0 Å². The molecule has 2 fully saturated rings. The van der Waals surface area contributed by atoms with Gasteiger partial charge in [-0.15, -0.1) is 0 Å². The van der Waals surface area contributed by atoms with Crippen molar-refractivity contribution in [2.24, 2.45) is 0 Å². The number of benzene rings is 2. The number of rotatable bonds is 0. The largest absolute Gasteiger partial charge is 0.504 e. The van der Waals surface area contributed by atoms with E-state index >= 15 is 0 Å². The highest BCUT2D eigenvalue weighted by Crippen LogP contribution is 2.56. The fourth-order valence-electron chi connectivity index (χ4n) is 3.39. The van der Waals surface area contributed by atoms with Crippen LogP contribution in [0.2, 0.25) is 0 Å². The minimum absolute atomic E-state index is 0.0219. The predicted molar refractivity (Wildman–Crippen MR) is 73.3 cm³/mol. The average molecular weight is 286 g/mol. The lowest BCUT2D eigenvalue weighted by molar-refractivity contribution is 0.102. The molecule has 2 aromatic rings. The average Bonchev–Trinajstić information content (AvgIpc) is 3.40. The molecule has 5 heteroatoms. The number of fused-ring (bicyclic) bond motifs is 7. The van der Waals surface area contributed by atoms with Crippen molar-refractivity contribution in [1.29, 1.82) is 0 Å². The van der Waals surface area contributed by atoms with E-state index in [1.165, 1.54) is 0 Å². The Morgan fingerprint density at radius 3 is 2.14 bits per heavy atom. The molecule has 5 nitrogen and oxygen atoms in total. The Morgan fingerprint density at radius 2 is 1.43 bits per heavy atom. The van der Waals surface area contributed by atoms with Gasteiger partial charge in [-0.1, -0.05) is 24.3 Å². The normalized spacial score (nSPS) is 33.1. The molecule has 3 aliphatic rings. The van der Waals surface area contributed by atoms with Crippen LogP contribution in [0.3, 0.4) is 0 Å². The summed E-state index contributed by atoms with van der Waals surface area (Å²) in [6.07, 6.45) is -0.348. The zero-order valence-electron chi connectivity index (χ0n) is 11.2. The Morgan fingerprint density at radius 1 is 0.810 bits per heavy atom. The number of hydrogen-bond donors (Lipinski definition) is 2. The van der Waals surface area contributed by atoms with Crippen molar-refractivity contribution >= 4 is 10.8 Å². The molecule has 3 heterocycles. The van der Waals surface area contributed by atoms with Crippen LogP contribution < -0.4 is 0 Å².